The average Bonchev–Trinajstić information content (AvgIpc) is 3.63. The summed E-state index contributed by atoms with van der Waals surface area (Å²) in [4.78, 5) is 24.0. The molecule has 1 aliphatic carbocycles. The fourth-order valence-electron chi connectivity index (χ4n) is 4.29. The Morgan fingerprint density at radius 3 is 2.11 bits per heavy atom. The Kier molecular flexibility index (Phi) is 6.31. The van der Waals surface area contributed by atoms with Crippen molar-refractivity contribution in [1.29, 1.82) is 0 Å². The van der Waals surface area contributed by atoms with Crippen molar-refractivity contribution in [2.24, 2.45) is 0 Å². The first-order valence-corrected chi connectivity index (χ1v) is 12.7. The van der Waals surface area contributed by atoms with Gasteiger partial charge in [-0.05, 0) is 36.5 Å². The van der Waals surface area contributed by atoms with Crippen LogP contribution in [0.4, 0.5) is 0 Å². The SMILES string of the molecule is Cc1noc(-c2ccc(-c3ccc(C4(C(=O)O)CC4)cc3)cc2)c1CSCC(=O)c1ccccc1. The second-order valence-electron chi connectivity index (χ2n) is 8.90. The van der Waals surface area contributed by atoms with Crippen LogP contribution in [0.5, 0.6) is 0 Å². The van der Waals surface area contributed by atoms with E-state index in [9.17, 15) is 14.7 Å². The third-order valence-electron chi connectivity index (χ3n) is 6.64. The van der Waals surface area contributed by atoms with E-state index in [1.54, 1.807) is 11.8 Å². The summed E-state index contributed by atoms with van der Waals surface area (Å²) in [5.74, 6) is 1.12. The standard InChI is InChI=1S/C29H25NO4S/c1-19-25(17-35-18-26(31)22-5-3-2-4-6-22)27(34-30-19)23-9-7-20(8-10-23)21-11-13-24(14-12-21)29(15-16-29)28(32)33/h2-14H,15-18H2,1H3,(H,32,33). The number of benzene rings is 3. The highest BCUT2D eigenvalue weighted by Crippen LogP contribution is 2.48. The Balaban J connectivity index is 1.28. The second-order valence-corrected chi connectivity index (χ2v) is 9.89. The minimum atomic E-state index is -0.740. The molecule has 3 aromatic carbocycles. The van der Waals surface area contributed by atoms with Gasteiger partial charge in [0.15, 0.2) is 11.5 Å². The van der Waals surface area contributed by atoms with Crippen LogP contribution >= 0.6 is 11.8 Å². The molecule has 4 aromatic rings. The van der Waals surface area contributed by atoms with E-state index in [1.165, 1.54) is 0 Å². The monoisotopic (exact) mass is 483 g/mol. The predicted molar refractivity (Wildman–Crippen MR) is 138 cm³/mol. The Morgan fingerprint density at radius 1 is 0.914 bits per heavy atom. The summed E-state index contributed by atoms with van der Waals surface area (Å²) in [6.07, 6.45) is 1.40. The third kappa shape index (κ3) is 4.66. The molecule has 0 radical (unpaired) electrons. The summed E-state index contributed by atoms with van der Waals surface area (Å²) in [7, 11) is 0. The zero-order valence-electron chi connectivity index (χ0n) is 19.4. The number of thioether (sulfide) groups is 1. The van der Waals surface area contributed by atoms with Gasteiger partial charge in [0.25, 0.3) is 0 Å². The van der Waals surface area contributed by atoms with Crippen LogP contribution in [0.25, 0.3) is 22.5 Å². The Hall–Kier alpha value is -3.64. The van der Waals surface area contributed by atoms with Crippen molar-refractivity contribution in [3.05, 3.63) is 101 Å². The van der Waals surface area contributed by atoms with E-state index in [4.69, 9.17) is 4.52 Å². The fraction of sp³-hybridized carbons (Fsp3) is 0.207. The quantitative estimate of drug-likeness (QED) is 0.272. The Morgan fingerprint density at radius 2 is 1.51 bits per heavy atom. The smallest absolute Gasteiger partial charge is 0.314 e. The third-order valence-corrected chi connectivity index (χ3v) is 7.60. The first-order chi connectivity index (χ1) is 17.0. The van der Waals surface area contributed by atoms with E-state index in [1.807, 2.05) is 85.8 Å². The van der Waals surface area contributed by atoms with Gasteiger partial charge in [0.2, 0.25) is 0 Å². The molecule has 5 nitrogen and oxygen atoms in total. The summed E-state index contributed by atoms with van der Waals surface area (Å²) in [5, 5.41) is 13.7. The maximum atomic E-state index is 12.4. The van der Waals surface area contributed by atoms with Crippen LogP contribution in [-0.4, -0.2) is 27.8 Å². The number of aliphatic carboxylic acids is 1. The molecule has 0 unspecified atom stereocenters. The van der Waals surface area contributed by atoms with Gasteiger partial charge in [-0.3, -0.25) is 9.59 Å². The summed E-state index contributed by atoms with van der Waals surface area (Å²) in [6.45, 7) is 1.92. The number of hydrogen-bond donors (Lipinski definition) is 1. The molecule has 1 N–H and O–H groups in total. The molecule has 0 atom stereocenters. The highest BCUT2D eigenvalue weighted by Gasteiger charge is 2.51. The lowest BCUT2D eigenvalue weighted by molar-refractivity contribution is -0.140. The number of ketones is 1. The number of hydrogen-bond acceptors (Lipinski definition) is 5. The van der Waals surface area contributed by atoms with Gasteiger partial charge in [-0.25, -0.2) is 0 Å². The van der Waals surface area contributed by atoms with Gasteiger partial charge < -0.3 is 9.63 Å². The summed E-state index contributed by atoms with van der Waals surface area (Å²) in [5.41, 5.74) is 5.73. The number of nitrogens with zero attached hydrogens (tertiary/aromatic N) is 1. The Labute approximate surface area is 208 Å². The number of Topliss-reactive ketones (excluding diaryl/α,β-unsaturated/α-hetero) is 1. The van der Waals surface area contributed by atoms with Crippen LogP contribution in [0.15, 0.2) is 83.4 Å². The van der Waals surface area contributed by atoms with Crippen molar-refractivity contribution in [1.82, 2.24) is 5.16 Å². The van der Waals surface area contributed by atoms with Gasteiger partial charge >= 0.3 is 5.97 Å². The van der Waals surface area contributed by atoms with E-state index < -0.39 is 11.4 Å². The number of aryl methyl sites for hydroxylation is 1. The van der Waals surface area contributed by atoms with Crippen molar-refractivity contribution in [2.75, 3.05) is 5.75 Å². The lowest BCUT2D eigenvalue weighted by Crippen LogP contribution is -2.19. The van der Waals surface area contributed by atoms with E-state index >= 15 is 0 Å². The van der Waals surface area contributed by atoms with Crippen molar-refractivity contribution in [3.63, 3.8) is 0 Å². The van der Waals surface area contributed by atoms with Crippen molar-refractivity contribution >= 4 is 23.5 Å². The topological polar surface area (TPSA) is 80.4 Å². The number of carbonyl (C=O) groups excluding carboxylic acids is 1. The molecule has 0 amide bonds. The molecule has 1 aromatic heterocycles. The number of aromatic nitrogens is 1. The maximum Gasteiger partial charge on any atom is 0.314 e. The van der Waals surface area contributed by atoms with E-state index in [0.29, 0.717) is 24.3 Å². The molecule has 1 fully saturated rings. The van der Waals surface area contributed by atoms with E-state index in [0.717, 1.165) is 44.8 Å². The minimum Gasteiger partial charge on any atom is -0.481 e. The largest absolute Gasteiger partial charge is 0.481 e. The second kappa shape index (κ2) is 9.55. The molecule has 1 aliphatic rings. The van der Waals surface area contributed by atoms with Gasteiger partial charge in [-0.2, -0.15) is 0 Å². The molecule has 5 rings (SSSR count). The van der Waals surface area contributed by atoms with Gasteiger partial charge in [-0.1, -0.05) is 84.0 Å². The first-order valence-electron chi connectivity index (χ1n) is 11.5. The fourth-order valence-corrected chi connectivity index (χ4v) is 5.28. The van der Waals surface area contributed by atoms with Gasteiger partial charge in [0.1, 0.15) is 0 Å². The highest BCUT2D eigenvalue weighted by atomic mass is 32.2. The zero-order valence-corrected chi connectivity index (χ0v) is 20.2. The minimum absolute atomic E-state index is 0.109. The van der Waals surface area contributed by atoms with Crippen molar-refractivity contribution < 1.29 is 19.2 Å². The molecule has 0 saturated heterocycles. The Bertz CT molecular complexity index is 1350. The first kappa shape index (κ1) is 23.1. The van der Waals surface area contributed by atoms with E-state index in [-0.39, 0.29) is 5.78 Å². The molecule has 6 heteroatoms. The molecule has 0 spiro atoms. The normalized spacial score (nSPS) is 14.0. The average molecular weight is 484 g/mol. The zero-order chi connectivity index (χ0) is 24.4. The molecule has 1 saturated carbocycles. The molecule has 1 heterocycles. The maximum absolute atomic E-state index is 12.4. The van der Waals surface area contributed by atoms with Crippen LogP contribution in [0.3, 0.4) is 0 Å². The van der Waals surface area contributed by atoms with Gasteiger partial charge in [0, 0.05) is 22.4 Å². The molecule has 0 aliphatic heterocycles. The molecular weight excluding hydrogens is 458 g/mol. The highest BCUT2D eigenvalue weighted by molar-refractivity contribution is 7.99. The number of rotatable bonds is 9. The molecule has 176 valence electrons. The van der Waals surface area contributed by atoms with Crippen LogP contribution < -0.4 is 0 Å². The van der Waals surface area contributed by atoms with Crippen molar-refractivity contribution in [2.45, 2.75) is 30.9 Å². The summed E-state index contributed by atoms with van der Waals surface area (Å²) < 4.78 is 5.65. The van der Waals surface area contributed by atoms with Crippen molar-refractivity contribution in [3.8, 4) is 22.5 Å². The lowest BCUT2D eigenvalue weighted by atomic mass is 9.93. The van der Waals surface area contributed by atoms with Crippen LogP contribution in [0.2, 0.25) is 0 Å². The summed E-state index contributed by atoms with van der Waals surface area (Å²) >= 11 is 1.56. The molecular formula is C29H25NO4S. The lowest BCUT2D eigenvalue weighted by Gasteiger charge is -2.11. The molecule has 35 heavy (non-hydrogen) atoms. The predicted octanol–water partition coefficient (Wildman–Crippen LogP) is 6.55. The summed E-state index contributed by atoms with van der Waals surface area (Å²) in [6, 6.07) is 25.2. The van der Waals surface area contributed by atoms with E-state index in [2.05, 4.69) is 5.16 Å². The number of carboxylic acid groups (broad SMARTS) is 1. The van der Waals surface area contributed by atoms with Crippen LogP contribution in [0.1, 0.15) is 40.0 Å². The van der Waals surface area contributed by atoms with Gasteiger partial charge in [-0.15, -0.1) is 11.8 Å². The van der Waals surface area contributed by atoms with Crippen LogP contribution in [-0.2, 0) is 16.0 Å². The number of carbonyl (C=O) groups is 2. The molecule has 0 bridgehead atoms. The van der Waals surface area contributed by atoms with Gasteiger partial charge in [0.05, 0.1) is 16.9 Å². The number of carboxylic acids is 1. The van der Waals surface area contributed by atoms with Crippen LogP contribution in [0, 0.1) is 6.92 Å².